The average molecular weight is 219 g/mol. The molecule has 1 aromatic heterocycles. The van der Waals surface area contributed by atoms with Crippen molar-refractivity contribution in [2.45, 2.75) is 24.0 Å². The molecule has 0 saturated carbocycles. The van der Waals surface area contributed by atoms with E-state index in [9.17, 15) is 0 Å². The Morgan fingerprint density at radius 2 is 2.07 bits per heavy atom. The molecule has 0 fully saturated rings. The van der Waals surface area contributed by atoms with Crippen molar-refractivity contribution < 1.29 is 0 Å². The molecule has 0 aliphatic carbocycles. The minimum absolute atomic E-state index is 0.844. The van der Waals surface area contributed by atoms with Gasteiger partial charge in [-0.25, -0.2) is 4.98 Å². The number of nitrogens with one attached hydrogen (secondary N) is 1. The van der Waals surface area contributed by atoms with Gasteiger partial charge < -0.3 is 0 Å². The SMILES string of the molecule is CCc1n[nH]c(CSc2ccccc2)n1. The molecule has 0 unspecified atom stereocenters. The Morgan fingerprint density at radius 3 is 2.73 bits per heavy atom. The maximum Gasteiger partial charge on any atom is 0.150 e. The number of aromatic nitrogens is 3. The van der Waals surface area contributed by atoms with Crippen LogP contribution in [0.4, 0.5) is 0 Å². The monoisotopic (exact) mass is 219 g/mol. The fraction of sp³-hybridized carbons (Fsp3) is 0.273. The predicted octanol–water partition coefficient (Wildman–Crippen LogP) is 2.66. The van der Waals surface area contributed by atoms with Gasteiger partial charge in [0, 0.05) is 11.3 Å². The van der Waals surface area contributed by atoms with Gasteiger partial charge in [-0.2, -0.15) is 5.10 Å². The van der Waals surface area contributed by atoms with Crippen molar-refractivity contribution in [3.63, 3.8) is 0 Å². The van der Waals surface area contributed by atoms with E-state index >= 15 is 0 Å². The third-order valence-corrected chi connectivity index (χ3v) is 3.04. The molecule has 15 heavy (non-hydrogen) atoms. The largest absolute Gasteiger partial charge is 0.262 e. The van der Waals surface area contributed by atoms with E-state index in [-0.39, 0.29) is 0 Å². The van der Waals surface area contributed by atoms with Crippen molar-refractivity contribution in [2.24, 2.45) is 0 Å². The van der Waals surface area contributed by atoms with Crippen molar-refractivity contribution in [1.82, 2.24) is 15.2 Å². The van der Waals surface area contributed by atoms with Gasteiger partial charge in [-0.05, 0) is 12.1 Å². The topological polar surface area (TPSA) is 41.6 Å². The summed E-state index contributed by atoms with van der Waals surface area (Å²) >= 11 is 1.76. The maximum absolute atomic E-state index is 4.36. The van der Waals surface area contributed by atoms with E-state index in [0.717, 1.165) is 23.8 Å². The molecular weight excluding hydrogens is 206 g/mol. The lowest BCUT2D eigenvalue weighted by Gasteiger charge is -1.97. The lowest BCUT2D eigenvalue weighted by molar-refractivity contribution is 0.945. The summed E-state index contributed by atoms with van der Waals surface area (Å²) in [5.74, 6) is 2.68. The van der Waals surface area contributed by atoms with E-state index in [1.54, 1.807) is 11.8 Å². The maximum atomic E-state index is 4.36. The van der Waals surface area contributed by atoms with Gasteiger partial charge in [0.05, 0.1) is 5.75 Å². The number of rotatable bonds is 4. The minimum atomic E-state index is 0.844. The second-order valence-corrected chi connectivity index (χ2v) is 4.20. The van der Waals surface area contributed by atoms with Crippen LogP contribution >= 0.6 is 11.8 Å². The van der Waals surface area contributed by atoms with E-state index in [0.29, 0.717) is 0 Å². The Labute approximate surface area is 93.3 Å². The van der Waals surface area contributed by atoms with Gasteiger partial charge in [-0.3, -0.25) is 5.10 Å². The zero-order valence-corrected chi connectivity index (χ0v) is 9.42. The summed E-state index contributed by atoms with van der Waals surface area (Å²) in [4.78, 5) is 5.61. The fourth-order valence-corrected chi connectivity index (χ4v) is 2.01. The third kappa shape index (κ3) is 2.83. The zero-order valence-electron chi connectivity index (χ0n) is 8.60. The second kappa shape index (κ2) is 4.98. The highest BCUT2D eigenvalue weighted by atomic mass is 32.2. The van der Waals surface area contributed by atoms with E-state index in [4.69, 9.17) is 0 Å². The molecule has 0 radical (unpaired) electrons. The first-order valence-corrected chi connectivity index (χ1v) is 5.95. The second-order valence-electron chi connectivity index (χ2n) is 3.15. The number of nitrogens with zero attached hydrogens (tertiary/aromatic N) is 2. The summed E-state index contributed by atoms with van der Waals surface area (Å²) in [7, 11) is 0. The van der Waals surface area contributed by atoms with E-state index in [2.05, 4.69) is 34.2 Å². The fourth-order valence-electron chi connectivity index (χ4n) is 1.23. The molecule has 0 spiro atoms. The first-order valence-electron chi connectivity index (χ1n) is 4.96. The molecule has 0 amide bonds. The van der Waals surface area contributed by atoms with Crippen LogP contribution in [0, 0.1) is 0 Å². The van der Waals surface area contributed by atoms with Crippen LogP contribution in [0.15, 0.2) is 35.2 Å². The number of aromatic amines is 1. The normalized spacial score (nSPS) is 10.5. The van der Waals surface area contributed by atoms with Crippen LogP contribution in [0.3, 0.4) is 0 Å². The summed E-state index contributed by atoms with van der Waals surface area (Å²) < 4.78 is 0. The molecule has 1 aromatic carbocycles. The van der Waals surface area contributed by atoms with Crippen molar-refractivity contribution in [3.8, 4) is 0 Å². The Kier molecular flexibility index (Phi) is 3.40. The lowest BCUT2D eigenvalue weighted by Crippen LogP contribution is -1.84. The Balaban J connectivity index is 1.93. The number of hydrogen-bond donors (Lipinski definition) is 1. The summed E-state index contributed by atoms with van der Waals surface area (Å²) in [6.45, 7) is 2.05. The predicted molar refractivity (Wildman–Crippen MR) is 61.8 cm³/mol. The highest BCUT2D eigenvalue weighted by Gasteiger charge is 2.01. The molecule has 78 valence electrons. The molecule has 0 saturated heterocycles. The smallest absolute Gasteiger partial charge is 0.150 e. The Morgan fingerprint density at radius 1 is 1.27 bits per heavy atom. The number of benzene rings is 1. The van der Waals surface area contributed by atoms with Gasteiger partial charge in [0.2, 0.25) is 0 Å². The van der Waals surface area contributed by atoms with Gasteiger partial charge >= 0.3 is 0 Å². The first kappa shape index (κ1) is 10.2. The average Bonchev–Trinajstić information content (AvgIpc) is 2.76. The van der Waals surface area contributed by atoms with Crippen LogP contribution < -0.4 is 0 Å². The van der Waals surface area contributed by atoms with Gasteiger partial charge in [-0.15, -0.1) is 11.8 Å². The number of thioether (sulfide) groups is 1. The van der Waals surface area contributed by atoms with Crippen LogP contribution in [-0.4, -0.2) is 15.2 Å². The third-order valence-electron chi connectivity index (χ3n) is 2.01. The molecule has 3 nitrogen and oxygen atoms in total. The Bertz CT molecular complexity index is 411. The summed E-state index contributed by atoms with van der Waals surface area (Å²) in [6, 6.07) is 10.3. The van der Waals surface area contributed by atoms with Gasteiger partial charge in [-0.1, -0.05) is 25.1 Å². The Hall–Kier alpha value is -1.29. The van der Waals surface area contributed by atoms with Gasteiger partial charge in [0.1, 0.15) is 11.6 Å². The molecule has 1 N–H and O–H groups in total. The molecule has 0 atom stereocenters. The molecule has 2 aromatic rings. The highest BCUT2D eigenvalue weighted by molar-refractivity contribution is 7.98. The number of H-pyrrole nitrogens is 1. The van der Waals surface area contributed by atoms with E-state index < -0.39 is 0 Å². The first-order chi connectivity index (χ1) is 7.38. The molecule has 0 bridgehead atoms. The van der Waals surface area contributed by atoms with E-state index in [1.807, 2.05) is 18.2 Å². The van der Waals surface area contributed by atoms with Crippen LogP contribution in [0.1, 0.15) is 18.6 Å². The van der Waals surface area contributed by atoms with Crippen molar-refractivity contribution in [1.29, 1.82) is 0 Å². The molecule has 1 heterocycles. The van der Waals surface area contributed by atoms with Gasteiger partial charge in [0.25, 0.3) is 0 Å². The molecule has 0 aliphatic rings. The highest BCUT2D eigenvalue weighted by Crippen LogP contribution is 2.20. The van der Waals surface area contributed by atoms with Crippen LogP contribution in [0.25, 0.3) is 0 Å². The van der Waals surface area contributed by atoms with Gasteiger partial charge in [0.15, 0.2) is 0 Å². The number of aryl methyl sites for hydroxylation is 1. The summed E-state index contributed by atoms with van der Waals surface area (Å²) in [5, 5.41) is 7.04. The van der Waals surface area contributed by atoms with E-state index in [1.165, 1.54) is 4.90 Å². The number of hydrogen-bond acceptors (Lipinski definition) is 3. The minimum Gasteiger partial charge on any atom is -0.262 e. The molecule has 4 heteroatoms. The lowest BCUT2D eigenvalue weighted by atomic mass is 10.4. The zero-order chi connectivity index (χ0) is 10.5. The summed E-state index contributed by atoms with van der Waals surface area (Å²) in [5.41, 5.74) is 0. The molecular formula is C11H13N3S. The summed E-state index contributed by atoms with van der Waals surface area (Å²) in [6.07, 6.45) is 0.881. The molecule has 2 rings (SSSR count). The molecule has 0 aliphatic heterocycles. The van der Waals surface area contributed by atoms with Crippen LogP contribution in [0.2, 0.25) is 0 Å². The van der Waals surface area contributed by atoms with Crippen LogP contribution in [0.5, 0.6) is 0 Å². The van der Waals surface area contributed by atoms with Crippen LogP contribution in [-0.2, 0) is 12.2 Å². The van der Waals surface area contributed by atoms with Crippen molar-refractivity contribution in [3.05, 3.63) is 42.0 Å². The van der Waals surface area contributed by atoms with Crippen molar-refractivity contribution in [2.75, 3.05) is 0 Å². The standard InChI is InChI=1S/C11H13N3S/c1-2-10-12-11(14-13-10)8-15-9-6-4-3-5-7-9/h3-7H,2,8H2,1H3,(H,12,13,14). The van der Waals surface area contributed by atoms with Crippen molar-refractivity contribution >= 4 is 11.8 Å². The quantitative estimate of drug-likeness (QED) is 0.804.